The molecule has 2 unspecified atom stereocenters. The lowest BCUT2D eigenvalue weighted by Gasteiger charge is -2.54. The minimum atomic E-state index is -0.599. The van der Waals surface area contributed by atoms with Crippen LogP contribution in [-0.2, 0) is 4.79 Å². The Morgan fingerprint density at radius 1 is 1.24 bits per heavy atom. The number of hydrogen-bond acceptors (Lipinski definition) is 5. The number of quaternary nitrogens is 1. The molecule has 1 saturated heterocycles. The number of nitrogens with one attached hydrogen (secondary N) is 1. The first kappa shape index (κ1) is 23.9. The van der Waals surface area contributed by atoms with E-state index in [2.05, 4.69) is 37.8 Å². The van der Waals surface area contributed by atoms with E-state index < -0.39 is 16.6 Å². The summed E-state index contributed by atoms with van der Waals surface area (Å²) in [6, 6.07) is 8.64. The molecular formula is C25H31FIN5O2. The van der Waals surface area contributed by atoms with Gasteiger partial charge in [-0.05, 0) is 93.1 Å². The van der Waals surface area contributed by atoms with Gasteiger partial charge in [0.1, 0.15) is 17.9 Å². The number of hydrogen-bond donors (Lipinski definition) is 1. The van der Waals surface area contributed by atoms with E-state index >= 15 is 0 Å². The Hall–Kier alpha value is -1.82. The Kier molecular flexibility index (Phi) is 6.56. The number of hydroxylamine groups is 2. The maximum absolute atomic E-state index is 14.8. The van der Waals surface area contributed by atoms with Gasteiger partial charge in [0.2, 0.25) is 5.91 Å². The van der Waals surface area contributed by atoms with Crippen molar-refractivity contribution in [3.05, 3.63) is 56.7 Å². The van der Waals surface area contributed by atoms with Crippen LogP contribution in [0.15, 0.2) is 36.5 Å². The number of carbonyl (C=O) groups excluding carboxylic acids is 1. The molecule has 1 N–H and O–H groups in total. The topological polar surface area (TPSA) is 71.5 Å². The second-order valence-electron chi connectivity index (χ2n) is 9.86. The zero-order valence-corrected chi connectivity index (χ0v) is 21.7. The number of rotatable bonds is 4. The van der Waals surface area contributed by atoms with Crippen LogP contribution < -0.4 is 10.3 Å². The predicted octanol–water partition coefficient (Wildman–Crippen LogP) is 4.79. The van der Waals surface area contributed by atoms with Crippen LogP contribution in [0.4, 0.5) is 15.9 Å². The molecular weight excluding hydrogens is 548 g/mol. The number of pyridine rings is 1. The molecule has 1 saturated carbocycles. The molecule has 2 aliphatic heterocycles. The molecule has 1 amide bonds. The first-order valence-electron chi connectivity index (χ1n) is 12.1. The van der Waals surface area contributed by atoms with E-state index in [1.807, 2.05) is 38.2 Å². The molecule has 0 spiro atoms. The molecule has 0 bridgehead atoms. The van der Waals surface area contributed by atoms with Crippen LogP contribution in [0.1, 0.15) is 57.1 Å². The standard InChI is InChI=1S/C25H31FIN5O2/c1-16-22-13-17(26)15-28-24(22)31(20-6-3-5-18(27)14-20)32(16,34)21-10-8-19(9-11-21)29-25(33)23-7-4-12-30(23)2/h3,5-6,13-16,19,21,23H,4,7-12H2,1-2H3,(H,29,33)/t16?,19?,21?,23-,32?/m1/s1. The summed E-state index contributed by atoms with van der Waals surface area (Å²) >= 11 is 2.24. The summed E-state index contributed by atoms with van der Waals surface area (Å²) in [5.41, 5.74) is 1.42. The number of benzene rings is 1. The number of aromatic nitrogens is 1. The molecule has 2 aromatic rings. The van der Waals surface area contributed by atoms with Gasteiger partial charge in [0.15, 0.2) is 5.82 Å². The molecule has 2 fully saturated rings. The average molecular weight is 579 g/mol. The van der Waals surface area contributed by atoms with Crippen molar-refractivity contribution in [1.29, 1.82) is 0 Å². The summed E-state index contributed by atoms with van der Waals surface area (Å²) in [6.45, 7) is 2.84. The molecule has 9 heteroatoms. The SMILES string of the molecule is CC1c2cc(F)cnc2N(c2cccc(I)c2)[N+]1([O-])C1CCC(NC(=O)[C@H]2CCCN2C)CC1. The van der Waals surface area contributed by atoms with E-state index in [0.29, 0.717) is 24.2 Å². The number of fused-ring (bicyclic) bond motifs is 1. The first-order valence-corrected chi connectivity index (χ1v) is 13.2. The molecule has 1 aromatic carbocycles. The number of anilines is 2. The Labute approximate surface area is 213 Å². The van der Waals surface area contributed by atoms with Crippen LogP contribution in [0.2, 0.25) is 0 Å². The second-order valence-corrected chi connectivity index (χ2v) is 11.1. The monoisotopic (exact) mass is 579 g/mol. The Bertz CT molecular complexity index is 1080. The molecule has 1 aromatic heterocycles. The predicted molar refractivity (Wildman–Crippen MR) is 137 cm³/mol. The zero-order chi connectivity index (χ0) is 24.0. The van der Waals surface area contributed by atoms with Gasteiger partial charge in [0.25, 0.3) is 0 Å². The Morgan fingerprint density at radius 2 is 2.00 bits per heavy atom. The summed E-state index contributed by atoms with van der Waals surface area (Å²) in [5.74, 6) is 0.215. The highest BCUT2D eigenvalue weighted by Crippen LogP contribution is 2.51. The van der Waals surface area contributed by atoms with Gasteiger partial charge in [-0.25, -0.2) is 14.1 Å². The van der Waals surface area contributed by atoms with Crippen LogP contribution in [0, 0.1) is 14.6 Å². The summed E-state index contributed by atoms with van der Waals surface area (Å²) in [7, 11) is 2.00. The minimum Gasteiger partial charge on any atom is -0.605 e. The zero-order valence-electron chi connectivity index (χ0n) is 19.6. The van der Waals surface area contributed by atoms with E-state index in [-0.39, 0.29) is 24.0 Å². The van der Waals surface area contributed by atoms with Gasteiger partial charge in [-0.15, -0.1) is 0 Å². The van der Waals surface area contributed by atoms with Crippen molar-refractivity contribution in [1.82, 2.24) is 15.2 Å². The molecule has 0 radical (unpaired) electrons. The van der Waals surface area contributed by atoms with Gasteiger partial charge < -0.3 is 10.5 Å². The second kappa shape index (κ2) is 9.33. The Balaban J connectivity index is 1.38. The van der Waals surface area contributed by atoms with Gasteiger partial charge in [-0.3, -0.25) is 9.69 Å². The molecule has 34 heavy (non-hydrogen) atoms. The highest BCUT2D eigenvalue weighted by atomic mass is 127. The average Bonchev–Trinajstić information content (AvgIpc) is 3.34. The fourth-order valence-electron chi connectivity index (χ4n) is 5.97. The highest BCUT2D eigenvalue weighted by molar-refractivity contribution is 14.1. The lowest BCUT2D eigenvalue weighted by Crippen LogP contribution is -2.60. The van der Waals surface area contributed by atoms with Crippen LogP contribution in [0.5, 0.6) is 0 Å². The first-order chi connectivity index (χ1) is 16.3. The van der Waals surface area contributed by atoms with Gasteiger partial charge >= 0.3 is 0 Å². The normalized spacial score (nSPS) is 31.5. The van der Waals surface area contributed by atoms with Gasteiger partial charge in [0.05, 0.1) is 23.5 Å². The maximum atomic E-state index is 14.8. The third kappa shape index (κ3) is 4.10. The number of carbonyl (C=O) groups is 1. The number of amides is 1. The van der Waals surface area contributed by atoms with Crippen LogP contribution in [-0.4, -0.2) is 52.3 Å². The van der Waals surface area contributed by atoms with E-state index in [9.17, 15) is 14.4 Å². The lowest BCUT2D eigenvalue weighted by atomic mass is 9.89. The summed E-state index contributed by atoms with van der Waals surface area (Å²) in [4.78, 5) is 19.2. The minimum absolute atomic E-state index is 0.0410. The molecule has 1 aliphatic carbocycles. The molecule has 182 valence electrons. The Morgan fingerprint density at radius 3 is 2.68 bits per heavy atom. The van der Waals surface area contributed by atoms with Crippen LogP contribution >= 0.6 is 22.6 Å². The van der Waals surface area contributed by atoms with Crippen molar-refractivity contribution < 1.29 is 13.9 Å². The fourth-order valence-corrected chi connectivity index (χ4v) is 6.50. The van der Waals surface area contributed by atoms with Crippen molar-refractivity contribution in [2.75, 3.05) is 18.6 Å². The number of nitrogens with zero attached hydrogens (tertiary/aromatic N) is 4. The van der Waals surface area contributed by atoms with Crippen molar-refractivity contribution >= 4 is 40.0 Å². The van der Waals surface area contributed by atoms with Gasteiger partial charge in [-0.1, -0.05) is 6.07 Å². The molecule has 7 nitrogen and oxygen atoms in total. The third-order valence-electron chi connectivity index (χ3n) is 7.82. The smallest absolute Gasteiger partial charge is 0.237 e. The summed E-state index contributed by atoms with van der Waals surface area (Å²) < 4.78 is 14.5. The maximum Gasteiger partial charge on any atom is 0.237 e. The summed E-state index contributed by atoms with van der Waals surface area (Å²) in [5, 5.41) is 19.8. The number of likely N-dealkylation sites (N-methyl/N-ethyl adjacent to an activating group) is 1. The van der Waals surface area contributed by atoms with E-state index in [1.165, 1.54) is 12.3 Å². The van der Waals surface area contributed by atoms with E-state index in [0.717, 1.165) is 41.5 Å². The van der Waals surface area contributed by atoms with Gasteiger partial charge in [-0.2, -0.15) is 5.01 Å². The largest absolute Gasteiger partial charge is 0.605 e. The quantitative estimate of drug-likeness (QED) is 0.321. The fraction of sp³-hybridized carbons (Fsp3) is 0.520. The van der Waals surface area contributed by atoms with Crippen molar-refractivity contribution in [2.45, 2.75) is 69.6 Å². The van der Waals surface area contributed by atoms with Crippen molar-refractivity contribution in [2.24, 2.45) is 0 Å². The molecule has 3 atom stereocenters. The van der Waals surface area contributed by atoms with Crippen LogP contribution in [0.25, 0.3) is 0 Å². The van der Waals surface area contributed by atoms with Crippen LogP contribution in [0.3, 0.4) is 0 Å². The molecule has 3 aliphatic rings. The van der Waals surface area contributed by atoms with Gasteiger partial charge in [0, 0.05) is 22.5 Å². The summed E-state index contributed by atoms with van der Waals surface area (Å²) in [6.07, 6.45) is 6.06. The van der Waals surface area contributed by atoms with Crippen molar-refractivity contribution in [3.8, 4) is 0 Å². The third-order valence-corrected chi connectivity index (χ3v) is 8.49. The lowest BCUT2D eigenvalue weighted by molar-refractivity contribution is -0.931. The van der Waals surface area contributed by atoms with E-state index in [1.54, 1.807) is 5.01 Å². The number of halogens is 2. The van der Waals surface area contributed by atoms with Crippen molar-refractivity contribution in [3.63, 3.8) is 0 Å². The van der Waals surface area contributed by atoms with E-state index in [4.69, 9.17) is 0 Å². The highest BCUT2D eigenvalue weighted by Gasteiger charge is 2.51. The molecule has 3 heterocycles. The molecule has 5 rings (SSSR count). The number of likely N-dealkylation sites (tertiary alicyclic amines) is 1.